The molecule has 20 heavy (non-hydrogen) atoms. The molecule has 0 bridgehead atoms. The molecule has 0 unspecified atom stereocenters. The van der Waals surface area contributed by atoms with E-state index in [-0.39, 0.29) is 12.5 Å². The molecule has 0 radical (unpaired) electrons. The Morgan fingerprint density at radius 1 is 1.50 bits per heavy atom. The largest absolute Gasteiger partial charge is 0.481 e. The number of hydrogen-bond acceptors (Lipinski definition) is 3. The van der Waals surface area contributed by atoms with E-state index in [0.29, 0.717) is 23.6 Å². The smallest absolute Gasteiger partial charge is 0.311 e. The second kappa shape index (κ2) is 6.26. The minimum atomic E-state index is -0.800. The Morgan fingerprint density at radius 2 is 2.15 bits per heavy atom. The molecule has 0 spiro atoms. The lowest BCUT2D eigenvalue weighted by Crippen LogP contribution is -2.45. The van der Waals surface area contributed by atoms with Crippen LogP contribution in [0.1, 0.15) is 42.3 Å². The van der Waals surface area contributed by atoms with Crippen LogP contribution >= 0.6 is 27.3 Å². The van der Waals surface area contributed by atoms with Gasteiger partial charge in [0.2, 0.25) is 0 Å². The van der Waals surface area contributed by atoms with Gasteiger partial charge in [-0.05, 0) is 59.0 Å². The first-order chi connectivity index (χ1) is 9.44. The number of carboxylic acid groups (broad SMARTS) is 1. The van der Waals surface area contributed by atoms with Gasteiger partial charge in [0.25, 0.3) is 5.91 Å². The molecule has 110 valence electrons. The van der Waals surface area contributed by atoms with E-state index in [9.17, 15) is 14.7 Å². The monoisotopic (exact) mass is 359 g/mol. The van der Waals surface area contributed by atoms with E-state index in [1.165, 1.54) is 11.3 Å². The lowest BCUT2D eigenvalue weighted by atomic mass is 9.71. The maximum atomic E-state index is 12.1. The fraction of sp³-hybridized carbons (Fsp3) is 0.571. The van der Waals surface area contributed by atoms with Crippen molar-refractivity contribution in [1.82, 2.24) is 5.32 Å². The molecule has 0 aromatic carbocycles. The fourth-order valence-electron chi connectivity index (χ4n) is 2.57. The van der Waals surface area contributed by atoms with Crippen LogP contribution < -0.4 is 5.32 Å². The molecule has 4 nitrogen and oxygen atoms in total. The predicted molar refractivity (Wildman–Crippen MR) is 82.1 cm³/mol. The van der Waals surface area contributed by atoms with Crippen molar-refractivity contribution >= 4 is 39.1 Å². The number of aliphatic carboxylic acids is 1. The van der Waals surface area contributed by atoms with Crippen molar-refractivity contribution < 1.29 is 14.7 Å². The third-order valence-electron chi connectivity index (χ3n) is 4.10. The van der Waals surface area contributed by atoms with Crippen molar-refractivity contribution in [3.63, 3.8) is 0 Å². The highest BCUT2D eigenvalue weighted by Crippen LogP contribution is 2.38. The van der Waals surface area contributed by atoms with Gasteiger partial charge in [0.1, 0.15) is 4.88 Å². The van der Waals surface area contributed by atoms with Crippen LogP contribution in [0.2, 0.25) is 0 Å². The van der Waals surface area contributed by atoms with E-state index < -0.39 is 11.4 Å². The third kappa shape index (κ3) is 3.23. The molecule has 1 heterocycles. The number of carbonyl (C=O) groups excluding carboxylic acids is 1. The molecule has 1 aromatic rings. The molecule has 1 fully saturated rings. The maximum absolute atomic E-state index is 12.1. The molecule has 1 aliphatic carbocycles. The summed E-state index contributed by atoms with van der Waals surface area (Å²) in [6, 6.07) is 1.81. The molecule has 0 saturated heterocycles. The normalized spacial score (nSPS) is 26.2. The molecule has 1 aromatic heterocycles. The SMILES string of the molecule is CC1CCC(CNC(=O)c2sccc2Br)(C(=O)O)CC1. The van der Waals surface area contributed by atoms with E-state index in [2.05, 4.69) is 28.2 Å². The van der Waals surface area contributed by atoms with E-state index in [1.54, 1.807) is 0 Å². The highest BCUT2D eigenvalue weighted by atomic mass is 79.9. The first-order valence-corrected chi connectivity index (χ1v) is 8.36. The molecule has 2 rings (SSSR count). The molecule has 1 aliphatic rings. The maximum Gasteiger partial charge on any atom is 0.311 e. The van der Waals surface area contributed by atoms with Crippen molar-refractivity contribution in [2.24, 2.45) is 11.3 Å². The van der Waals surface area contributed by atoms with Crippen molar-refractivity contribution in [1.29, 1.82) is 0 Å². The Labute approximate surface area is 130 Å². The van der Waals surface area contributed by atoms with Crippen LogP contribution in [0.3, 0.4) is 0 Å². The number of halogens is 1. The molecule has 0 aliphatic heterocycles. The highest BCUT2D eigenvalue weighted by Gasteiger charge is 2.41. The first kappa shape index (κ1) is 15.5. The topological polar surface area (TPSA) is 66.4 Å². The van der Waals surface area contributed by atoms with Crippen molar-refractivity contribution in [2.75, 3.05) is 6.54 Å². The summed E-state index contributed by atoms with van der Waals surface area (Å²) < 4.78 is 0.752. The second-order valence-corrected chi connectivity index (χ2v) is 7.32. The van der Waals surface area contributed by atoms with Crippen LogP contribution in [0.15, 0.2) is 15.9 Å². The highest BCUT2D eigenvalue weighted by molar-refractivity contribution is 9.10. The number of carbonyl (C=O) groups is 2. The Balaban J connectivity index is 2.02. The van der Waals surface area contributed by atoms with Gasteiger partial charge in [-0.25, -0.2) is 0 Å². The van der Waals surface area contributed by atoms with Crippen molar-refractivity contribution in [3.05, 3.63) is 20.8 Å². The Hall–Kier alpha value is -0.880. The standard InChI is InChI=1S/C14H18BrNO3S/c1-9-2-5-14(6-3-9,13(18)19)8-16-12(17)11-10(15)4-7-20-11/h4,7,9H,2-3,5-6,8H2,1H3,(H,16,17)(H,18,19). The summed E-state index contributed by atoms with van der Waals surface area (Å²) in [5, 5.41) is 14.1. The quantitative estimate of drug-likeness (QED) is 0.863. The van der Waals surface area contributed by atoms with Gasteiger partial charge in [-0.15, -0.1) is 11.3 Å². The van der Waals surface area contributed by atoms with Gasteiger partial charge in [0, 0.05) is 11.0 Å². The number of rotatable bonds is 4. The van der Waals surface area contributed by atoms with Crippen LogP contribution in [0.25, 0.3) is 0 Å². The summed E-state index contributed by atoms with van der Waals surface area (Å²) in [7, 11) is 0. The zero-order valence-corrected chi connectivity index (χ0v) is 13.7. The molecule has 2 N–H and O–H groups in total. The Morgan fingerprint density at radius 3 is 2.65 bits per heavy atom. The molecule has 0 atom stereocenters. The van der Waals surface area contributed by atoms with Gasteiger partial charge in [0.15, 0.2) is 0 Å². The number of nitrogens with one attached hydrogen (secondary N) is 1. The van der Waals surface area contributed by atoms with Gasteiger partial charge >= 0.3 is 5.97 Å². The van der Waals surface area contributed by atoms with E-state index >= 15 is 0 Å². The fourth-order valence-corrected chi connectivity index (χ4v) is 4.03. The minimum absolute atomic E-state index is 0.203. The lowest BCUT2D eigenvalue weighted by molar-refractivity contribution is -0.151. The second-order valence-electron chi connectivity index (χ2n) is 5.55. The van der Waals surface area contributed by atoms with Gasteiger partial charge in [-0.2, -0.15) is 0 Å². The summed E-state index contributed by atoms with van der Waals surface area (Å²) in [5.41, 5.74) is -0.800. The van der Waals surface area contributed by atoms with Crippen molar-refractivity contribution in [3.8, 4) is 0 Å². The third-order valence-corrected chi connectivity index (χ3v) is 5.93. The molecular formula is C14H18BrNO3S. The van der Waals surface area contributed by atoms with Crippen LogP contribution in [-0.2, 0) is 4.79 Å². The Bertz CT molecular complexity index is 506. The summed E-state index contributed by atoms with van der Waals surface area (Å²) in [6.07, 6.45) is 3.08. The minimum Gasteiger partial charge on any atom is -0.481 e. The zero-order chi connectivity index (χ0) is 14.8. The van der Waals surface area contributed by atoms with Crippen LogP contribution in [-0.4, -0.2) is 23.5 Å². The Kier molecular flexibility index (Phi) is 4.86. The summed E-state index contributed by atoms with van der Waals surface area (Å²) in [4.78, 5) is 24.3. The van der Waals surface area contributed by atoms with Gasteiger partial charge in [-0.1, -0.05) is 6.92 Å². The van der Waals surface area contributed by atoms with Gasteiger partial charge < -0.3 is 10.4 Å². The van der Waals surface area contributed by atoms with Crippen LogP contribution in [0.5, 0.6) is 0 Å². The van der Waals surface area contributed by atoms with E-state index in [0.717, 1.165) is 17.3 Å². The van der Waals surface area contributed by atoms with Crippen LogP contribution in [0.4, 0.5) is 0 Å². The van der Waals surface area contributed by atoms with E-state index in [4.69, 9.17) is 0 Å². The van der Waals surface area contributed by atoms with Crippen molar-refractivity contribution in [2.45, 2.75) is 32.6 Å². The molecule has 1 saturated carbocycles. The predicted octanol–water partition coefficient (Wildman–Crippen LogP) is 3.52. The van der Waals surface area contributed by atoms with E-state index in [1.807, 2.05) is 11.4 Å². The average Bonchev–Trinajstić information content (AvgIpc) is 2.84. The average molecular weight is 360 g/mol. The summed E-state index contributed by atoms with van der Waals surface area (Å²) in [5.74, 6) is -0.425. The number of amides is 1. The number of thiophene rings is 1. The van der Waals surface area contributed by atoms with Gasteiger partial charge in [-0.3, -0.25) is 9.59 Å². The van der Waals surface area contributed by atoms with Crippen LogP contribution in [0, 0.1) is 11.3 Å². The number of hydrogen-bond donors (Lipinski definition) is 2. The molecule has 6 heteroatoms. The summed E-state index contributed by atoms with van der Waals surface area (Å²) in [6.45, 7) is 2.35. The molecular weight excluding hydrogens is 342 g/mol. The zero-order valence-electron chi connectivity index (χ0n) is 11.3. The van der Waals surface area contributed by atoms with Gasteiger partial charge in [0.05, 0.1) is 5.41 Å². The molecule has 1 amide bonds. The number of carboxylic acids is 1. The first-order valence-electron chi connectivity index (χ1n) is 6.69. The lowest BCUT2D eigenvalue weighted by Gasteiger charge is -2.35. The summed E-state index contributed by atoms with van der Waals surface area (Å²) >= 11 is 4.66.